The van der Waals surface area contributed by atoms with E-state index >= 15 is 0 Å². The van der Waals surface area contributed by atoms with Gasteiger partial charge in [-0.05, 0) is 38.4 Å². The molecular weight excluding hydrogens is 210 g/mol. The van der Waals surface area contributed by atoms with Crippen LogP contribution >= 0.6 is 0 Å². The molecule has 94 valence electrons. The molecular formula is C15H23NO. The van der Waals surface area contributed by atoms with E-state index in [1.165, 1.54) is 25.7 Å². The van der Waals surface area contributed by atoms with Gasteiger partial charge in [-0.3, -0.25) is 0 Å². The molecule has 2 rings (SSSR count). The molecule has 1 aliphatic rings. The third-order valence-corrected chi connectivity index (χ3v) is 3.62. The molecule has 0 atom stereocenters. The molecule has 2 nitrogen and oxygen atoms in total. The Morgan fingerprint density at radius 3 is 2.59 bits per heavy atom. The largest absolute Gasteiger partial charge is 0.494 e. The van der Waals surface area contributed by atoms with E-state index in [2.05, 4.69) is 11.9 Å². The van der Waals surface area contributed by atoms with Crippen molar-refractivity contribution in [2.45, 2.75) is 38.1 Å². The van der Waals surface area contributed by atoms with E-state index in [0.29, 0.717) is 0 Å². The molecule has 0 spiro atoms. The summed E-state index contributed by atoms with van der Waals surface area (Å²) in [6.07, 6.45) is 6.71. The van der Waals surface area contributed by atoms with Crippen LogP contribution < -0.4 is 4.74 Å². The van der Waals surface area contributed by atoms with Crippen molar-refractivity contribution in [1.82, 2.24) is 4.90 Å². The van der Waals surface area contributed by atoms with Gasteiger partial charge in [0.1, 0.15) is 5.75 Å². The summed E-state index contributed by atoms with van der Waals surface area (Å²) in [7, 11) is 2.25. The monoisotopic (exact) mass is 233 g/mol. The highest BCUT2D eigenvalue weighted by Gasteiger charge is 2.18. The normalized spacial score (nSPS) is 16.6. The van der Waals surface area contributed by atoms with Crippen LogP contribution in [-0.4, -0.2) is 31.1 Å². The van der Waals surface area contributed by atoms with Gasteiger partial charge in [0.15, 0.2) is 0 Å². The van der Waals surface area contributed by atoms with Crippen LogP contribution in [0.5, 0.6) is 5.75 Å². The molecule has 17 heavy (non-hydrogen) atoms. The van der Waals surface area contributed by atoms with Crippen LogP contribution in [0.15, 0.2) is 30.3 Å². The Hall–Kier alpha value is -1.02. The first kappa shape index (κ1) is 12.4. The van der Waals surface area contributed by atoms with Gasteiger partial charge in [-0.25, -0.2) is 0 Å². The molecule has 1 saturated carbocycles. The summed E-state index contributed by atoms with van der Waals surface area (Å²) in [6, 6.07) is 10.9. The van der Waals surface area contributed by atoms with Crippen molar-refractivity contribution in [3.05, 3.63) is 30.3 Å². The van der Waals surface area contributed by atoms with Crippen LogP contribution in [0, 0.1) is 0 Å². The minimum Gasteiger partial charge on any atom is -0.494 e. The van der Waals surface area contributed by atoms with Gasteiger partial charge in [0, 0.05) is 12.6 Å². The highest BCUT2D eigenvalue weighted by Crippen LogP contribution is 2.22. The van der Waals surface area contributed by atoms with Crippen molar-refractivity contribution in [3.63, 3.8) is 0 Å². The fraction of sp³-hybridized carbons (Fsp3) is 0.600. The third-order valence-electron chi connectivity index (χ3n) is 3.62. The van der Waals surface area contributed by atoms with E-state index in [9.17, 15) is 0 Å². The van der Waals surface area contributed by atoms with Crippen LogP contribution in [0.2, 0.25) is 0 Å². The summed E-state index contributed by atoms with van der Waals surface area (Å²) in [5, 5.41) is 0. The fourth-order valence-electron chi connectivity index (χ4n) is 2.55. The molecule has 1 aromatic carbocycles. The molecule has 0 aliphatic heterocycles. The number of para-hydroxylation sites is 1. The van der Waals surface area contributed by atoms with Crippen LogP contribution in [0.25, 0.3) is 0 Å². The van der Waals surface area contributed by atoms with E-state index in [1.807, 2.05) is 30.3 Å². The lowest BCUT2D eigenvalue weighted by atomic mass is 10.2. The van der Waals surface area contributed by atoms with Crippen molar-refractivity contribution < 1.29 is 4.74 Å². The first-order valence-electron chi connectivity index (χ1n) is 6.74. The molecule has 1 aliphatic carbocycles. The molecule has 0 unspecified atom stereocenters. The summed E-state index contributed by atoms with van der Waals surface area (Å²) >= 11 is 0. The third kappa shape index (κ3) is 4.04. The molecule has 1 fully saturated rings. The standard InChI is InChI=1S/C15H23NO/c1-16(14-8-5-6-9-14)12-7-13-17-15-10-3-2-4-11-15/h2-4,10-11,14H,5-9,12-13H2,1H3. The Morgan fingerprint density at radius 2 is 1.88 bits per heavy atom. The molecule has 0 bridgehead atoms. The van der Waals surface area contributed by atoms with Crippen LogP contribution in [-0.2, 0) is 0 Å². The average Bonchev–Trinajstić information content (AvgIpc) is 2.89. The summed E-state index contributed by atoms with van der Waals surface area (Å²) in [5.74, 6) is 0.982. The van der Waals surface area contributed by atoms with Crippen LogP contribution in [0.4, 0.5) is 0 Å². The smallest absolute Gasteiger partial charge is 0.119 e. The van der Waals surface area contributed by atoms with Gasteiger partial charge in [-0.1, -0.05) is 31.0 Å². The van der Waals surface area contributed by atoms with Gasteiger partial charge < -0.3 is 9.64 Å². The number of nitrogens with zero attached hydrogens (tertiary/aromatic N) is 1. The summed E-state index contributed by atoms with van der Waals surface area (Å²) in [4.78, 5) is 2.50. The van der Waals surface area contributed by atoms with Crippen LogP contribution in [0.1, 0.15) is 32.1 Å². The number of ether oxygens (including phenoxy) is 1. The topological polar surface area (TPSA) is 12.5 Å². The summed E-state index contributed by atoms with van der Waals surface area (Å²) in [6.45, 7) is 1.97. The number of hydrogen-bond donors (Lipinski definition) is 0. The second-order valence-electron chi connectivity index (χ2n) is 4.93. The zero-order chi connectivity index (χ0) is 11.9. The predicted molar refractivity (Wildman–Crippen MR) is 71.4 cm³/mol. The minimum absolute atomic E-state index is 0.821. The maximum atomic E-state index is 5.69. The number of benzene rings is 1. The Bertz CT molecular complexity index is 306. The quantitative estimate of drug-likeness (QED) is 0.699. The zero-order valence-electron chi connectivity index (χ0n) is 10.8. The van der Waals surface area contributed by atoms with E-state index in [-0.39, 0.29) is 0 Å². The van der Waals surface area contributed by atoms with Crippen molar-refractivity contribution in [2.24, 2.45) is 0 Å². The van der Waals surface area contributed by atoms with Gasteiger partial charge in [-0.15, -0.1) is 0 Å². The molecule has 0 aromatic heterocycles. The van der Waals surface area contributed by atoms with Gasteiger partial charge in [0.2, 0.25) is 0 Å². The van der Waals surface area contributed by atoms with Crippen molar-refractivity contribution in [1.29, 1.82) is 0 Å². The lowest BCUT2D eigenvalue weighted by Gasteiger charge is -2.23. The molecule has 0 saturated heterocycles. The minimum atomic E-state index is 0.821. The zero-order valence-corrected chi connectivity index (χ0v) is 10.8. The molecule has 2 heteroatoms. The molecule has 1 aromatic rings. The van der Waals surface area contributed by atoms with E-state index < -0.39 is 0 Å². The SMILES string of the molecule is CN(CCCOc1ccccc1)C1CCCC1. The number of rotatable bonds is 6. The van der Waals surface area contributed by atoms with E-state index in [4.69, 9.17) is 4.74 Å². The maximum Gasteiger partial charge on any atom is 0.119 e. The highest BCUT2D eigenvalue weighted by molar-refractivity contribution is 5.20. The second-order valence-corrected chi connectivity index (χ2v) is 4.93. The van der Waals surface area contributed by atoms with E-state index in [1.54, 1.807) is 0 Å². The maximum absolute atomic E-state index is 5.69. The number of hydrogen-bond acceptors (Lipinski definition) is 2. The van der Waals surface area contributed by atoms with Gasteiger partial charge in [-0.2, -0.15) is 0 Å². The van der Waals surface area contributed by atoms with Gasteiger partial charge in [0.05, 0.1) is 6.61 Å². The first-order chi connectivity index (χ1) is 8.36. The second kappa shape index (κ2) is 6.65. The van der Waals surface area contributed by atoms with Crippen molar-refractivity contribution in [2.75, 3.05) is 20.2 Å². The Labute approximate surface area is 105 Å². The van der Waals surface area contributed by atoms with Crippen molar-refractivity contribution >= 4 is 0 Å². The Kier molecular flexibility index (Phi) is 4.87. The van der Waals surface area contributed by atoms with Gasteiger partial charge in [0.25, 0.3) is 0 Å². The lowest BCUT2D eigenvalue weighted by Crippen LogP contribution is -2.30. The summed E-state index contributed by atoms with van der Waals surface area (Å²) < 4.78 is 5.69. The lowest BCUT2D eigenvalue weighted by molar-refractivity contribution is 0.216. The molecule has 0 amide bonds. The molecule has 0 N–H and O–H groups in total. The average molecular weight is 233 g/mol. The first-order valence-corrected chi connectivity index (χ1v) is 6.74. The molecule has 0 radical (unpaired) electrons. The van der Waals surface area contributed by atoms with Crippen LogP contribution in [0.3, 0.4) is 0 Å². The summed E-state index contributed by atoms with van der Waals surface area (Å²) in [5.41, 5.74) is 0. The Morgan fingerprint density at radius 1 is 1.18 bits per heavy atom. The predicted octanol–water partition coefficient (Wildman–Crippen LogP) is 3.33. The highest BCUT2D eigenvalue weighted by atomic mass is 16.5. The van der Waals surface area contributed by atoms with Crippen molar-refractivity contribution in [3.8, 4) is 5.75 Å². The fourth-order valence-corrected chi connectivity index (χ4v) is 2.55. The molecule has 0 heterocycles. The van der Waals surface area contributed by atoms with Gasteiger partial charge >= 0.3 is 0 Å². The van der Waals surface area contributed by atoms with E-state index in [0.717, 1.165) is 31.4 Å². The Balaban J connectivity index is 1.59.